The normalized spacial score (nSPS) is 13.1. The number of nitrogens with one attached hydrogen (secondary N) is 1. The van der Waals surface area contributed by atoms with Gasteiger partial charge in [0.1, 0.15) is 0 Å². The lowest BCUT2D eigenvalue weighted by Gasteiger charge is -2.26. The maximum Gasteiger partial charge on any atom is 0.0352 e. The van der Waals surface area contributed by atoms with Crippen LogP contribution in [0.25, 0.3) is 10.8 Å². The molecule has 2 rings (SSSR count). The number of pyridine rings is 1. The van der Waals surface area contributed by atoms with Gasteiger partial charge in [-0.3, -0.25) is 4.98 Å². The zero-order chi connectivity index (χ0) is 13.0. The van der Waals surface area contributed by atoms with Gasteiger partial charge in [-0.05, 0) is 30.0 Å². The molecule has 2 heteroatoms. The van der Waals surface area contributed by atoms with Crippen LogP contribution in [0.2, 0.25) is 0 Å². The van der Waals surface area contributed by atoms with Crippen LogP contribution in [0.5, 0.6) is 0 Å². The van der Waals surface area contributed by atoms with Crippen molar-refractivity contribution in [2.24, 2.45) is 5.92 Å². The van der Waals surface area contributed by atoms with Crippen LogP contribution in [0.3, 0.4) is 0 Å². The fourth-order valence-corrected chi connectivity index (χ4v) is 2.82. The number of aromatic nitrogens is 1. The lowest BCUT2D eigenvalue weighted by Crippen LogP contribution is -2.24. The first kappa shape index (κ1) is 13.0. The Hall–Kier alpha value is -1.41. The van der Waals surface area contributed by atoms with E-state index in [1.807, 2.05) is 12.4 Å². The molecule has 1 unspecified atom stereocenters. The molecule has 1 aromatic heterocycles. The van der Waals surface area contributed by atoms with Crippen LogP contribution in [0, 0.1) is 5.92 Å². The molecule has 0 aliphatic heterocycles. The highest BCUT2D eigenvalue weighted by atomic mass is 14.9. The first-order valence-electron chi connectivity index (χ1n) is 6.81. The van der Waals surface area contributed by atoms with E-state index in [1.165, 1.54) is 29.2 Å². The molecular formula is C16H22N2. The van der Waals surface area contributed by atoms with Crippen LogP contribution in [-0.2, 0) is 0 Å². The zero-order valence-electron chi connectivity index (χ0n) is 11.5. The summed E-state index contributed by atoms with van der Waals surface area (Å²) in [6.45, 7) is 4.54. The maximum atomic E-state index is 4.20. The van der Waals surface area contributed by atoms with Crippen LogP contribution in [0.15, 0.2) is 36.7 Å². The standard InChI is InChI=1S/C16H22N2/c1-4-12(5-2)16(17-3)15-8-6-7-13-11-18-10-9-14(13)15/h6-12,16-17H,4-5H2,1-3H3. The van der Waals surface area contributed by atoms with Crippen LogP contribution < -0.4 is 5.32 Å². The van der Waals surface area contributed by atoms with Crippen molar-refractivity contribution in [2.75, 3.05) is 7.05 Å². The Morgan fingerprint density at radius 3 is 2.61 bits per heavy atom. The lowest BCUT2D eigenvalue weighted by molar-refractivity contribution is 0.361. The average Bonchev–Trinajstić information content (AvgIpc) is 2.44. The van der Waals surface area contributed by atoms with E-state index in [0.717, 1.165) is 0 Å². The first-order valence-corrected chi connectivity index (χ1v) is 6.81. The Balaban J connectivity index is 2.51. The van der Waals surface area contributed by atoms with E-state index >= 15 is 0 Å². The third kappa shape index (κ3) is 2.39. The van der Waals surface area contributed by atoms with Crippen LogP contribution in [0.1, 0.15) is 38.3 Å². The zero-order valence-corrected chi connectivity index (χ0v) is 11.5. The quantitative estimate of drug-likeness (QED) is 0.859. The summed E-state index contributed by atoms with van der Waals surface area (Å²) >= 11 is 0. The summed E-state index contributed by atoms with van der Waals surface area (Å²) in [5, 5.41) is 6.03. The SMILES string of the molecule is CCC(CC)C(NC)c1cccc2cnccc12. The molecule has 0 aliphatic rings. The van der Waals surface area contributed by atoms with E-state index in [-0.39, 0.29) is 0 Å². The third-order valence-electron chi connectivity index (χ3n) is 3.88. The van der Waals surface area contributed by atoms with E-state index < -0.39 is 0 Å². The Labute approximate surface area is 109 Å². The van der Waals surface area contributed by atoms with Crippen molar-refractivity contribution < 1.29 is 0 Å². The predicted octanol–water partition coefficient (Wildman–Crippen LogP) is 3.93. The summed E-state index contributed by atoms with van der Waals surface area (Å²) in [4.78, 5) is 4.20. The van der Waals surface area contributed by atoms with Crippen molar-refractivity contribution in [3.63, 3.8) is 0 Å². The van der Waals surface area contributed by atoms with E-state index in [1.54, 1.807) is 0 Å². The van der Waals surface area contributed by atoms with Crippen molar-refractivity contribution >= 4 is 10.8 Å². The molecule has 1 heterocycles. The van der Waals surface area contributed by atoms with Gasteiger partial charge in [-0.1, -0.05) is 44.9 Å². The summed E-state index contributed by atoms with van der Waals surface area (Å²) in [6, 6.07) is 9.04. The molecule has 0 spiro atoms. The van der Waals surface area contributed by atoms with Crippen molar-refractivity contribution in [1.82, 2.24) is 10.3 Å². The molecule has 0 bridgehead atoms. The second-order valence-electron chi connectivity index (χ2n) is 4.79. The van der Waals surface area contributed by atoms with E-state index in [4.69, 9.17) is 0 Å². The molecular weight excluding hydrogens is 220 g/mol. The summed E-state index contributed by atoms with van der Waals surface area (Å²) in [7, 11) is 2.06. The molecule has 1 atom stereocenters. The van der Waals surface area contributed by atoms with Gasteiger partial charge in [0.15, 0.2) is 0 Å². The minimum Gasteiger partial charge on any atom is -0.313 e. The molecule has 0 radical (unpaired) electrons. The van der Waals surface area contributed by atoms with Crippen LogP contribution in [0.4, 0.5) is 0 Å². The molecule has 0 saturated carbocycles. The van der Waals surface area contributed by atoms with Gasteiger partial charge in [0, 0.05) is 23.8 Å². The Morgan fingerprint density at radius 1 is 1.17 bits per heavy atom. The summed E-state index contributed by atoms with van der Waals surface area (Å²) < 4.78 is 0. The molecule has 2 aromatic rings. The molecule has 0 fully saturated rings. The number of fused-ring (bicyclic) bond motifs is 1. The highest BCUT2D eigenvalue weighted by molar-refractivity contribution is 5.85. The molecule has 96 valence electrons. The number of hydrogen-bond acceptors (Lipinski definition) is 2. The van der Waals surface area contributed by atoms with Gasteiger partial charge in [-0.2, -0.15) is 0 Å². The lowest BCUT2D eigenvalue weighted by atomic mass is 9.87. The smallest absolute Gasteiger partial charge is 0.0352 e. The number of hydrogen-bond donors (Lipinski definition) is 1. The Morgan fingerprint density at radius 2 is 1.94 bits per heavy atom. The molecule has 1 aromatic carbocycles. The minimum atomic E-state index is 0.422. The monoisotopic (exact) mass is 242 g/mol. The van der Waals surface area contributed by atoms with Gasteiger partial charge in [0.2, 0.25) is 0 Å². The van der Waals surface area contributed by atoms with Crippen LogP contribution in [-0.4, -0.2) is 12.0 Å². The highest BCUT2D eigenvalue weighted by Crippen LogP contribution is 2.31. The maximum absolute atomic E-state index is 4.20. The van der Waals surface area contributed by atoms with E-state index in [0.29, 0.717) is 12.0 Å². The van der Waals surface area contributed by atoms with Crippen LogP contribution >= 0.6 is 0 Å². The average molecular weight is 242 g/mol. The molecule has 0 aliphatic carbocycles. The summed E-state index contributed by atoms with van der Waals surface area (Å²) in [5.74, 6) is 0.675. The van der Waals surface area contributed by atoms with E-state index in [2.05, 4.69) is 55.5 Å². The predicted molar refractivity (Wildman–Crippen MR) is 77.6 cm³/mol. The number of benzene rings is 1. The molecule has 0 amide bonds. The van der Waals surface area contributed by atoms with Gasteiger partial charge in [0.25, 0.3) is 0 Å². The molecule has 1 N–H and O–H groups in total. The van der Waals surface area contributed by atoms with Gasteiger partial charge >= 0.3 is 0 Å². The third-order valence-corrected chi connectivity index (χ3v) is 3.88. The Bertz CT molecular complexity index is 498. The summed E-state index contributed by atoms with van der Waals surface area (Å²) in [5.41, 5.74) is 1.39. The number of rotatable bonds is 5. The molecule has 18 heavy (non-hydrogen) atoms. The van der Waals surface area contributed by atoms with Crippen molar-refractivity contribution in [2.45, 2.75) is 32.7 Å². The topological polar surface area (TPSA) is 24.9 Å². The van der Waals surface area contributed by atoms with Crippen molar-refractivity contribution in [3.05, 3.63) is 42.2 Å². The van der Waals surface area contributed by atoms with Crippen molar-refractivity contribution in [3.8, 4) is 0 Å². The molecule has 0 saturated heterocycles. The number of nitrogens with zero attached hydrogens (tertiary/aromatic N) is 1. The van der Waals surface area contributed by atoms with Gasteiger partial charge < -0.3 is 5.32 Å². The van der Waals surface area contributed by atoms with E-state index in [9.17, 15) is 0 Å². The highest BCUT2D eigenvalue weighted by Gasteiger charge is 2.20. The second kappa shape index (κ2) is 5.96. The van der Waals surface area contributed by atoms with Gasteiger partial charge in [-0.15, -0.1) is 0 Å². The first-order chi connectivity index (χ1) is 8.81. The van der Waals surface area contributed by atoms with Crippen molar-refractivity contribution in [1.29, 1.82) is 0 Å². The Kier molecular flexibility index (Phi) is 4.32. The van der Waals surface area contributed by atoms with Gasteiger partial charge in [0.05, 0.1) is 0 Å². The fourth-order valence-electron chi connectivity index (χ4n) is 2.82. The van der Waals surface area contributed by atoms with Gasteiger partial charge in [-0.25, -0.2) is 0 Å². The second-order valence-corrected chi connectivity index (χ2v) is 4.79. The fraction of sp³-hybridized carbons (Fsp3) is 0.438. The largest absolute Gasteiger partial charge is 0.313 e. The minimum absolute atomic E-state index is 0.422. The molecule has 2 nitrogen and oxygen atoms in total. The summed E-state index contributed by atoms with van der Waals surface area (Å²) in [6.07, 6.45) is 6.22.